The maximum atomic E-state index is 12.6. The van der Waals surface area contributed by atoms with Crippen molar-refractivity contribution in [3.63, 3.8) is 0 Å². The third-order valence-electron chi connectivity index (χ3n) is 2.75. The Bertz CT molecular complexity index is 449. The number of nitrogens with two attached hydrogens (primary N) is 1. The Morgan fingerprint density at radius 3 is 2.65 bits per heavy atom. The summed E-state index contributed by atoms with van der Waals surface area (Å²) in [6.07, 6.45) is -4.37. The zero-order valence-electron chi connectivity index (χ0n) is 11.2. The van der Waals surface area contributed by atoms with Gasteiger partial charge in [0, 0.05) is 26.7 Å². The standard InChI is InChI=1S/C13H18F3N3O/c1-18-12(20)9-19(6-5-17)8-10-3-2-4-11(7-10)13(14,15)16/h2-4,7H,5-6,8-9,17H2,1H3,(H,18,20). The number of hydrogen-bond donors (Lipinski definition) is 2. The van der Waals surface area contributed by atoms with Crippen molar-refractivity contribution < 1.29 is 18.0 Å². The van der Waals surface area contributed by atoms with E-state index in [1.54, 1.807) is 11.0 Å². The summed E-state index contributed by atoms with van der Waals surface area (Å²) >= 11 is 0. The van der Waals surface area contributed by atoms with Crippen molar-refractivity contribution in [2.45, 2.75) is 12.7 Å². The van der Waals surface area contributed by atoms with Crippen LogP contribution in [0, 0.1) is 0 Å². The van der Waals surface area contributed by atoms with Crippen molar-refractivity contribution in [3.8, 4) is 0 Å². The fourth-order valence-electron chi connectivity index (χ4n) is 1.78. The molecule has 0 atom stereocenters. The molecule has 1 rings (SSSR count). The Kier molecular flexibility index (Phi) is 5.97. The fourth-order valence-corrected chi connectivity index (χ4v) is 1.78. The molecule has 1 aromatic carbocycles. The quantitative estimate of drug-likeness (QED) is 0.827. The molecule has 0 saturated carbocycles. The number of hydrogen-bond acceptors (Lipinski definition) is 3. The number of carbonyl (C=O) groups is 1. The zero-order valence-corrected chi connectivity index (χ0v) is 11.2. The van der Waals surface area contributed by atoms with Gasteiger partial charge in [0.15, 0.2) is 0 Å². The second-order valence-corrected chi connectivity index (χ2v) is 4.37. The number of halogens is 3. The second-order valence-electron chi connectivity index (χ2n) is 4.37. The van der Waals surface area contributed by atoms with E-state index in [0.29, 0.717) is 18.7 Å². The predicted molar refractivity (Wildman–Crippen MR) is 69.8 cm³/mol. The molecule has 112 valence electrons. The molecule has 1 aromatic rings. The summed E-state index contributed by atoms with van der Waals surface area (Å²) in [5, 5.41) is 2.47. The molecule has 1 amide bonds. The van der Waals surface area contributed by atoms with E-state index in [1.165, 1.54) is 13.1 Å². The van der Waals surface area contributed by atoms with Gasteiger partial charge in [-0.3, -0.25) is 9.69 Å². The SMILES string of the molecule is CNC(=O)CN(CCN)Cc1cccc(C(F)(F)F)c1. The van der Waals surface area contributed by atoms with E-state index in [2.05, 4.69) is 5.32 Å². The lowest BCUT2D eigenvalue weighted by Gasteiger charge is -2.21. The van der Waals surface area contributed by atoms with Crippen LogP contribution in [0.5, 0.6) is 0 Å². The molecule has 0 unspecified atom stereocenters. The van der Waals surface area contributed by atoms with Gasteiger partial charge in [0.25, 0.3) is 0 Å². The molecule has 0 saturated heterocycles. The van der Waals surface area contributed by atoms with Crippen LogP contribution in [0.4, 0.5) is 13.2 Å². The van der Waals surface area contributed by atoms with Crippen LogP contribution < -0.4 is 11.1 Å². The van der Waals surface area contributed by atoms with Crippen LogP contribution in [0.15, 0.2) is 24.3 Å². The zero-order chi connectivity index (χ0) is 15.2. The lowest BCUT2D eigenvalue weighted by molar-refractivity contribution is -0.137. The molecular formula is C13H18F3N3O. The van der Waals surface area contributed by atoms with Gasteiger partial charge in [-0.15, -0.1) is 0 Å². The van der Waals surface area contributed by atoms with Crippen molar-refractivity contribution in [3.05, 3.63) is 35.4 Å². The van der Waals surface area contributed by atoms with Crippen LogP contribution in [0.25, 0.3) is 0 Å². The molecule has 4 nitrogen and oxygen atoms in total. The largest absolute Gasteiger partial charge is 0.416 e. The van der Waals surface area contributed by atoms with E-state index in [9.17, 15) is 18.0 Å². The lowest BCUT2D eigenvalue weighted by atomic mass is 10.1. The van der Waals surface area contributed by atoms with Crippen LogP contribution in [0.1, 0.15) is 11.1 Å². The van der Waals surface area contributed by atoms with Crippen molar-refractivity contribution in [2.24, 2.45) is 5.73 Å². The minimum Gasteiger partial charge on any atom is -0.358 e. The van der Waals surface area contributed by atoms with E-state index < -0.39 is 11.7 Å². The van der Waals surface area contributed by atoms with Crippen LogP contribution in [0.3, 0.4) is 0 Å². The highest BCUT2D eigenvalue weighted by atomic mass is 19.4. The molecule has 3 N–H and O–H groups in total. The number of rotatable bonds is 6. The molecule has 7 heteroatoms. The Balaban J connectivity index is 2.80. The number of benzene rings is 1. The summed E-state index contributed by atoms with van der Waals surface area (Å²) in [7, 11) is 1.51. The van der Waals surface area contributed by atoms with Crippen LogP contribution in [-0.2, 0) is 17.5 Å². The number of nitrogens with one attached hydrogen (secondary N) is 1. The Labute approximate surface area is 115 Å². The van der Waals surface area contributed by atoms with Gasteiger partial charge < -0.3 is 11.1 Å². The highest BCUT2D eigenvalue weighted by Gasteiger charge is 2.30. The van der Waals surface area contributed by atoms with Gasteiger partial charge in [-0.25, -0.2) is 0 Å². The summed E-state index contributed by atoms with van der Waals surface area (Å²) < 4.78 is 37.9. The predicted octanol–water partition coefficient (Wildman–Crippen LogP) is 1.21. The molecule has 0 aliphatic rings. The fraction of sp³-hybridized carbons (Fsp3) is 0.462. The van der Waals surface area contributed by atoms with Gasteiger partial charge >= 0.3 is 6.18 Å². The Hall–Kier alpha value is -1.60. The van der Waals surface area contributed by atoms with Gasteiger partial charge in [0.2, 0.25) is 5.91 Å². The van der Waals surface area contributed by atoms with E-state index >= 15 is 0 Å². The van der Waals surface area contributed by atoms with Crippen LogP contribution >= 0.6 is 0 Å². The maximum absolute atomic E-state index is 12.6. The van der Waals surface area contributed by atoms with Crippen molar-refractivity contribution in [1.29, 1.82) is 0 Å². The summed E-state index contributed by atoms with van der Waals surface area (Å²) in [5.74, 6) is -0.203. The van der Waals surface area contributed by atoms with Crippen LogP contribution in [0.2, 0.25) is 0 Å². The van der Waals surface area contributed by atoms with Gasteiger partial charge in [-0.1, -0.05) is 18.2 Å². The van der Waals surface area contributed by atoms with Crippen molar-refractivity contribution >= 4 is 5.91 Å². The molecule has 0 spiro atoms. The lowest BCUT2D eigenvalue weighted by Crippen LogP contribution is -2.38. The molecule has 0 aromatic heterocycles. The number of carbonyl (C=O) groups excluding carboxylic acids is 1. The third kappa shape index (κ3) is 5.18. The average Bonchev–Trinajstić information content (AvgIpc) is 2.38. The topological polar surface area (TPSA) is 58.4 Å². The maximum Gasteiger partial charge on any atom is 0.416 e. The molecule has 0 heterocycles. The summed E-state index contributed by atoms with van der Waals surface area (Å²) in [6, 6.07) is 5.07. The molecule has 0 fully saturated rings. The first-order valence-electron chi connectivity index (χ1n) is 6.16. The van der Waals surface area contributed by atoms with E-state index in [1.807, 2.05) is 0 Å². The minimum absolute atomic E-state index is 0.101. The first-order valence-corrected chi connectivity index (χ1v) is 6.16. The Morgan fingerprint density at radius 1 is 1.40 bits per heavy atom. The average molecular weight is 289 g/mol. The smallest absolute Gasteiger partial charge is 0.358 e. The normalized spacial score (nSPS) is 11.7. The highest BCUT2D eigenvalue weighted by molar-refractivity contribution is 5.77. The van der Waals surface area contributed by atoms with E-state index in [4.69, 9.17) is 5.73 Å². The molecule has 0 radical (unpaired) electrons. The van der Waals surface area contributed by atoms with E-state index in [-0.39, 0.29) is 19.0 Å². The minimum atomic E-state index is -4.37. The number of likely N-dealkylation sites (N-methyl/N-ethyl adjacent to an activating group) is 1. The second kappa shape index (κ2) is 7.25. The molecule has 0 aliphatic heterocycles. The highest BCUT2D eigenvalue weighted by Crippen LogP contribution is 2.29. The summed E-state index contributed by atoms with van der Waals surface area (Å²) in [6.45, 7) is 1.11. The first kappa shape index (κ1) is 16.5. The Morgan fingerprint density at radius 2 is 2.10 bits per heavy atom. The third-order valence-corrected chi connectivity index (χ3v) is 2.75. The number of nitrogens with zero attached hydrogens (tertiary/aromatic N) is 1. The summed E-state index contributed by atoms with van der Waals surface area (Å²) in [5.41, 5.74) is 5.25. The molecule has 0 aliphatic carbocycles. The monoisotopic (exact) mass is 289 g/mol. The molecule has 0 bridgehead atoms. The van der Waals surface area contributed by atoms with Gasteiger partial charge in [-0.2, -0.15) is 13.2 Å². The van der Waals surface area contributed by atoms with Crippen molar-refractivity contribution in [2.75, 3.05) is 26.7 Å². The number of alkyl halides is 3. The van der Waals surface area contributed by atoms with Crippen molar-refractivity contribution in [1.82, 2.24) is 10.2 Å². The molecule has 20 heavy (non-hydrogen) atoms. The van der Waals surface area contributed by atoms with Crippen LogP contribution in [-0.4, -0.2) is 37.5 Å². The van der Waals surface area contributed by atoms with Gasteiger partial charge in [0.1, 0.15) is 0 Å². The number of amides is 1. The van der Waals surface area contributed by atoms with E-state index in [0.717, 1.165) is 12.1 Å². The van der Waals surface area contributed by atoms with Gasteiger partial charge in [-0.05, 0) is 11.6 Å². The summed E-state index contributed by atoms with van der Waals surface area (Å²) in [4.78, 5) is 13.0. The van der Waals surface area contributed by atoms with Gasteiger partial charge in [0.05, 0.1) is 12.1 Å². The molecular weight excluding hydrogens is 271 g/mol. The first-order chi connectivity index (χ1) is 9.36.